The fourth-order valence-corrected chi connectivity index (χ4v) is 1.95. The fraction of sp³-hybridized carbons (Fsp3) is 0.154. The van der Waals surface area contributed by atoms with Crippen LogP contribution in [0.4, 0.5) is 0 Å². The maximum Gasteiger partial charge on any atom is 0.337 e. The maximum absolute atomic E-state index is 11.3. The summed E-state index contributed by atoms with van der Waals surface area (Å²) in [6.07, 6.45) is 0. The Labute approximate surface area is 103 Å². The Morgan fingerprint density at radius 3 is 2.33 bits per heavy atom. The van der Waals surface area contributed by atoms with Crippen LogP contribution < -0.4 is 0 Å². The molecule has 5 heteroatoms. The van der Waals surface area contributed by atoms with E-state index in [9.17, 15) is 14.7 Å². The molecule has 0 aliphatic carbocycles. The molecule has 0 unspecified atom stereocenters. The molecule has 0 radical (unpaired) electrons. The van der Waals surface area contributed by atoms with E-state index in [4.69, 9.17) is 5.11 Å². The highest BCUT2D eigenvalue weighted by atomic mass is 16.4. The van der Waals surface area contributed by atoms with E-state index in [2.05, 4.69) is 4.98 Å². The lowest BCUT2D eigenvalue weighted by molar-refractivity contribution is 0.0685. The summed E-state index contributed by atoms with van der Waals surface area (Å²) in [6.45, 7) is 3.33. The molecule has 2 N–H and O–H groups in total. The van der Waals surface area contributed by atoms with Crippen LogP contribution in [0.15, 0.2) is 18.2 Å². The predicted octanol–water partition coefficient (Wildman–Crippen LogP) is 2.25. The van der Waals surface area contributed by atoms with Gasteiger partial charge in [-0.05, 0) is 25.5 Å². The fourth-order valence-electron chi connectivity index (χ4n) is 1.95. The van der Waals surface area contributed by atoms with Gasteiger partial charge in [0.25, 0.3) is 0 Å². The molecular formula is C13H11NO4. The van der Waals surface area contributed by atoms with Gasteiger partial charge in [0.1, 0.15) is 0 Å². The minimum atomic E-state index is -1.12. The smallest absolute Gasteiger partial charge is 0.337 e. The van der Waals surface area contributed by atoms with Crippen molar-refractivity contribution in [3.05, 3.63) is 40.6 Å². The number of aromatic nitrogens is 1. The van der Waals surface area contributed by atoms with E-state index in [0.29, 0.717) is 16.6 Å². The van der Waals surface area contributed by atoms with Crippen LogP contribution in [0.3, 0.4) is 0 Å². The molecule has 0 aliphatic rings. The Balaban J connectivity index is 3.00. The molecule has 2 aromatic rings. The highest BCUT2D eigenvalue weighted by Gasteiger charge is 2.18. The van der Waals surface area contributed by atoms with Crippen molar-refractivity contribution < 1.29 is 19.8 Å². The zero-order valence-electron chi connectivity index (χ0n) is 9.89. The summed E-state index contributed by atoms with van der Waals surface area (Å²) >= 11 is 0. The number of pyridine rings is 1. The second-order valence-electron chi connectivity index (χ2n) is 4.01. The normalized spacial score (nSPS) is 10.6. The van der Waals surface area contributed by atoms with E-state index < -0.39 is 11.9 Å². The van der Waals surface area contributed by atoms with Crippen molar-refractivity contribution >= 4 is 22.8 Å². The number of carbonyl (C=O) groups is 2. The molecule has 18 heavy (non-hydrogen) atoms. The topological polar surface area (TPSA) is 87.5 Å². The van der Waals surface area contributed by atoms with Gasteiger partial charge in [0, 0.05) is 11.1 Å². The summed E-state index contributed by atoms with van der Waals surface area (Å²) in [5.41, 5.74) is 1.41. The second kappa shape index (κ2) is 4.10. The average Bonchev–Trinajstić information content (AvgIpc) is 2.29. The number of carboxylic acids is 2. The Morgan fingerprint density at radius 1 is 1.11 bits per heavy atom. The van der Waals surface area contributed by atoms with Gasteiger partial charge in [0.05, 0.1) is 16.6 Å². The molecule has 0 bridgehead atoms. The summed E-state index contributed by atoms with van der Waals surface area (Å²) in [5.74, 6) is -2.20. The zero-order chi connectivity index (χ0) is 13.4. The molecule has 5 nitrogen and oxygen atoms in total. The number of aryl methyl sites for hydroxylation is 1. The van der Waals surface area contributed by atoms with Gasteiger partial charge in [-0.3, -0.25) is 4.98 Å². The number of aromatic carboxylic acids is 2. The van der Waals surface area contributed by atoms with Gasteiger partial charge in [-0.25, -0.2) is 9.59 Å². The minimum absolute atomic E-state index is 0.0121. The number of rotatable bonds is 2. The molecule has 0 saturated carbocycles. The van der Waals surface area contributed by atoms with Crippen molar-refractivity contribution in [3.8, 4) is 0 Å². The van der Waals surface area contributed by atoms with E-state index in [0.717, 1.165) is 0 Å². The van der Waals surface area contributed by atoms with Crippen LogP contribution >= 0.6 is 0 Å². The number of para-hydroxylation sites is 1. The quantitative estimate of drug-likeness (QED) is 0.847. The summed E-state index contributed by atoms with van der Waals surface area (Å²) in [5, 5.41) is 18.7. The van der Waals surface area contributed by atoms with Crippen LogP contribution in [-0.4, -0.2) is 27.1 Å². The van der Waals surface area contributed by atoms with Gasteiger partial charge in [0.2, 0.25) is 0 Å². The van der Waals surface area contributed by atoms with Crippen LogP contribution in [0.25, 0.3) is 10.9 Å². The monoisotopic (exact) mass is 245 g/mol. The molecule has 2 rings (SSSR count). The van der Waals surface area contributed by atoms with E-state index >= 15 is 0 Å². The first-order valence-electron chi connectivity index (χ1n) is 5.30. The number of hydrogen-bond acceptors (Lipinski definition) is 3. The molecule has 92 valence electrons. The van der Waals surface area contributed by atoms with Crippen LogP contribution in [0.1, 0.15) is 32.0 Å². The van der Waals surface area contributed by atoms with Crippen molar-refractivity contribution in [2.24, 2.45) is 0 Å². The Hall–Kier alpha value is -2.43. The molecule has 0 spiro atoms. The molecular weight excluding hydrogens is 234 g/mol. The summed E-state index contributed by atoms with van der Waals surface area (Å²) in [4.78, 5) is 26.6. The highest BCUT2D eigenvalue weighted by Crippen LogP contribution is 2.25. The maximum atomic E-state index is 11.3. The molecule has 0 saturated heterocycles. The molecule has 0 atom stereocenters. The SMILES string of the molecule is Cc1nc2c(C(=O)O)cccc2c(C(=O)O)c1C. The van der Waals surface area contributed by atoms with Gasteiger partial charge >= 0.3 is 11.9 Å². The van der Waals surface area contributed by atoms with Gasteiger partial charge in [0.15, 0.2) is 0 Å². The molecule has 0 fully saturated rings. The van der Waals surface area contributed by atoms with Crippen molar-refractivity contribution in [2.45, 2.75) is 13.8 Å². The van der Waals surface area contributed by atoms with E-state index in [1.54, 1.807) is 19.9 Å². The van der Waals surface area contributed by atoms with Crippen molar-refractivity contribution in [2.75, 3.05) is 0 Å². The van der Waals surface area contributed by atoms with E-state index in [1.807, 2.05) is 0 Å². The van der Waals surface area contributed by atoms with Crippen molar-refractivity contribution in [1.29, 1.82) is 0 Å². The second-order valence-corrected chi connectivity index (χ2v) is 4.01. The molecule has 1 aromatic heterocycles. The summed E-state index contributed by atoms with van der Waals surface area (Å²) in [7, 11) is 0. The standard InChI is InChI=1S/C13H11NO4/c1-6-7(2)14-11-8(10(6)13(17)18)4-3-5-9(11)12(15)16/h3-5H,1-2H3,(H,15,16)(H,17,18). The van der Waals surface area contributed by atoms with E-state index in [1.165, 1.54) is 12.1 Å². The van der Waals surface area contributed by atoms with Crippen LogP contribution in [0.2, 0.25) is 0 Å². The average molecular weight is 245 g/mol. The first-order chi connectivity index (χ1) is 8.43. The number of hydrogen-bond donors (Lipinski definition) is 2. The van der Waals surface area contributed by atoms with Crippen LogP contribution in [0.5, 0.6) is 0 Å². The lowest BCUT2D eigenvalue weighted by atomic mass is 9.99. The lowest BCUT2D eigenvalue weighted by Crippen LogP contribution is -2.07. The third-order valence-electron chi connectivity index (χ3n) is 2.95. The molecule has 0 amide bonds. The third-order valence-corrected chi connectivity index (χ3v) is 2.95. The highest BCUT2D eigenvalue weighted by molar-refractivity contribution is 6.09. The molecule has 0 aliphatic heterocycles. The number of benzene rings is 1. The molecule has 1 aromatic carbocycles. The first-order valence-corrected chi connectivity index (χ1v) is 5.30. The Morgan fingerprint density at radius 2 is 1.78 bits per heavy atom. The van der Waals surface area contributed by atoms with E-state index in [-0.39, 0.29) is 16.6 Å². The van der Waals surface area contributed by atoms with Crippen molar-refractivity contribution in [1.82, 2.24) is 4.98 Å². The first kappa shape index (κ1) is 12.0. The lowest BCUT2D eigenvalue weighted by Gasteiger charge is -2.10. The Bertz CT molecular complexity index is 676. The van der Waals surface area contributed by atoms with Gasteiger partial charge in [-0.2, -0.15) is 0 Å². The predicted molar refractivity (Wildman–Crippen MR) is 65.1 cm³/mol. The van der Waals surface area contributed by atoms with Gasteiger partial charge in [-0.15, -0.1) is 0 Å². The van der Waals surface area contributed by atoms with Crippen molar-refractivity contribution in [3.63, 3.8) is 0 Å². The van der Waals surface area contributed by atoms with Crippen LogP contribution in [0, 0.1) is 13.8 Å². The number of fused-ring (bicyclic) bond motifs is 1. The third kappa shape index (κ3) is 1.69. The summed E-state index contributed by atoms with van der Waals surface area (Å²) < 4.78 is 0. The van der Waals surface area contributed by atoms with Gasteiger partial charge < -0.3 is 10.2 Å². The Kier molecular flexibility index (Phi) is 2.74. The zero-order valence-corrected chi connectivity index (χ0v) is 9.89. The number of nitrogens with zero attached hydrogens (tertiary/aromatic N) is 1. The minimum Gasteiger partial charge on any atom is -0.478 e. The molecule has 1 heterocycles. The van der Waals surface area contributed by atoms with Gasteiger partial charge in [-0.1, -0.05) is 12.1 Å². The number of carboxylic acid groups (broad SMARTS) is 2. The summed E-state index contributed by atoms with van der Waals surface area (Å²) in [6, 6.07) is 4.51. The largest absolute Gasteiger partial charge is 0.478 e. The van der Waals surface area contributed by atoms with Crippen LogP contribution in [-0.2, 0) is 0 Å².